The van der Waals surface area contributed by atoms with E-state index in [0.717, 1.165) is 0 Å². The predicted molar refractivity (Wildman–Crippen MR) is 18.8 cm³/mol. The molecular formula is CH2N3O2-. The van der Waals surface area contributed by atoms with Gasteiger partial charge in [0, 0.05) is 0 Å². The van der Waals surface area contributed by atoms with Crippen LogP contribution in [-0.2, 0) is 4.79 Å². The fourth-order valence-corrected chi connectivity index (χ4v) is 0. The summed E-state index contributed by atoms with van der Waals surface area (Å²) in [4.78, 5) is 9.86. The molecule has 34 valence electrons. The van der Waals surface area contributed by atoms with Gasteiger partial charge in [-0.15, -0.1) is 0 Å². The van der Waals surface area contributed by atoms with Gasteiger partial charge in [-0.05, 0) is 0 Å². The van der Waals surface area contributed by atoms with Crippen LogP contribution in [0, 0.1) is 0 Å². The van der Waals surface area contributed by atoms with Gasteiger partial charge in [-0.3, -0.25) is 9.71 Å². The van der Waals surface area contributed by atoms with E-state index in [4.69, 9.17) is 21.0 Å². The molecule has 6 heavy (non-hydrogen) atoms. The van der Waals surface area contributed by atoms with Crippen LogP contribution in [0.1, 0.15) is 0 Å². The maximum atomic E-state index is 8.36. The van der Waals surface area contributed by atoms with Crippen molar-refractivity contribution in [3.05, 3.63) is 16.0 Å². The summed E-state index contributed by atoms with van der Waals surface area (Å²) in [5.41, 5.74) is 13.5. The van der Waals surface area contributed by atoms with Crippen LogP contribution in [-0.4, -0.2) is 11.6 Å². The number of rotatable bonds is 0. The molecule has 0 aliphatic carbocycles. The summed E-state index contributed by atoms with van der Waals surface area (Å²) < 4.78 is 0. The molecule has 0 radical (unpaired) electrons. The van der Waals surface area contributed by atoms with Crippen molar-refractivity contribution < 1.29 is 9.90 Å². The fraction of sp³-hybridized carbons (Fsp3) is 0. The summed E-state index contributed by atoms with van der Waals surface area (Å²) in [5, 5.41) is 6.89. The molecule has 5 heteroatoms. The maximum Gasteiger partial charge on any atom is 0.290 e. The minimum Gasteiger partial charge on any atom is -0.483 e. The third kappa shape index (κ3) is 5.92. The molecule has 0 rings (SSSR count). The van der Waals surface area contributed by atoms with E-state index in [2.05, 4.69) is 0 Å². The summed E-state index contributed by atoms with van der Waals surface area (Å²) in [5.74, 6) is 0. The van der Waals surface area contributed by atoms with E-state index in [-0.39, 0.29) is 6.47 Å². The predicted octanol–water partition coefficient (Wildman–Crippen LogP) is 0.567. The summed E-state index contributed by atoms with van der Waals surface area (Å²) in [6.45, 7) is -0.250. The first-order valence-corrected chi connectivity index (χ1v) is 0.894. The molecule has 1 N–H and O–H groups in total. The lowest BCUT2D eigenvalue weighted by molar-refractivity contribution is -0.122. The van der Waals surface area contributed by atoms with Crippen LogP contribution in [0.15, 0.2) is 0 Å². The lowest BCUT2D eigenvalue weighted by atomic mass is 11.7. The number of hydrogen-bond acceptors (Lipinski definition) is 1. The molecule has 5 nitrogen and oxygen atoms in total. The zero-order valence-corrected chi connectivity index (χ0v) is 2.77. The molecule has 0 saturated carbocycles. The summed E-state index contributed by atoms with van der Waals surface area (Å²) in [6.07, 6.45) is 0. The Labute approximate surface area is 33.6 Å². The van der Waals surface area contributed by atoms with E-state index in [9.17, 15) is 0 Å². The Bertz CT molecular complexity index is 53.8. The average Bonchev–Trinajstić information content (AvgIpc) is 1.39. The van der Waals surface area contributed by atoms with Gasteiger partial charge in [-0.25, -0.2) is 0 Å². The summed E-state index contributed by atoms with van der Waals surface area (Å²) in [6, 6.07) is 0. The Hall–Kier alpha value is -1.22. The van der Waals surface area contributed by atoms with Crippen LogP contribution in [0.2, 0.25) is 0 Å². The van der Waals surface area contributed by atoms with Crippen LogP contribution in [0.4, 0.5) is 0 Å². The van der Waals surface area contributed by atoms with Crippen LogP contribution in [0.25, 0.3) is 16.0 Å². The van der Waals surface area contributed by atoms with Gasteiger partial charge in [-0.1, -0.05) is 0 Å². The van der Waals surface area contributed by atoms with E-state index < -0.39 is 0 Å². The molecule has 0 spiro atoms. The Balaban J connectivity index is 0. The third-order valence-corrected chi connectivity index (χ3v) is 0. The summed E-state index contributed by atoms with van der Waals surface area (Å²) in [7, 11) is 0. The third-order valence-electron chi connectivity index (χ3n) is 0. The Morgan fingerprint density at radius 1 is 1.67 bits per heavy atom. The normalized spacial score (nSPS) is 3.33. The van der Waals surface area contributed by atoms with Gasteiger partial charge in [0.2, 0.25) is 0 Å². The van der Waals surface area contributed by atoms with Crippen molar-refractivity contribution in [1.29, 1.82) is 0 Å². The molecule has 0 aromatic carbocycles. The molecule has 0 atom stereocenters. The van der Waals surface area contributed by atoms with E-state index in [0.29, 0.717) is 0 Å². The smallest absolute Gasteiger partial charge is 0.290 e. The largest absolute Gasteiger partial charge is 0.483 e. The Morgan fingerprint density at radius 2 is 1.67 bits per heavy atom. The number of nitrogens with zero attached hydrogens (tertiary/aromatic N) is 3. The van der Waals surface area contributed by atoms with E-state index in [1.54, 1.807) is 0 Å². The molecule has 0 heterocycles. The highest BCUT2D eigenvalue weighted by molar-refractivity contribution is 5.32. The van der Waals surface area contributed by atoms with Crippen LogP contribution in [0.3, 0.4) is 0 Å². The van der Waals surface area contributed by atoms with Crippen LogP contribution < -0.4 is 0 Å². The van der Waals surface area contributed by atoms with Gasteiger partial charge in [-0.2, -0.15) is 0 Å². The monoisotopic (exact) mass is 88.0 g/mol. The molecule has 0 aliphatic heterocycles. The zero-order chi connectivity index (χ0) is 5.41. The Kier molecular flexibility index (Phi) is 70.7. The number of hydrogen-bond donors (Lipinski definition) is 1. The van der Waals surface area contributed by atoms with Crippen molar-refractivity contribution >= 4 is 6.47 Å². The molecule has 0 aromatic rings. The van der Waals surface area contributed by atoms with Crippen molar-refractivity contribution in [3.63, 3.8) is 0 Å². The van der Waals surface area contributed by atoms with Gasteiger partial charge in [0.15, 0.2) is 0 Å². The number of carboxylic acid groups (broad SMARTS) is 1. The van der Waals surface area contributed by atoms with Gasteiger partial charge in [0.05, 0.1) is 0 Å². The molecule has 0 unspecified atom stereocenters. The molecule has 0 aromatic heterocycles. The van der Waals surface area contributed by atoms with Gasteiger partial charge < -0.3 is 16.2 Å². The van der Waals surface area contributed by atoms with Crippen LogP contribution in [0.5, 0.6) is 0 Å². The van der Waals surface area contributed by atoms with E-state index in [1.807, 2.05) is 0 Å². The SMILES string of the molecule is O=CO.[N-]=[N+]=[N-]. The second kappa shape index (κ2) is 48.0. The molecular weight excluding hydrogens is 86.0 g/mol. The lowest BCUT2D eigenvalue weighted by Crippen LogP contribution is -1.49. The quantitative estimate of drug-likeness (QED) is 0.202. The molecule has 0 bridgehead atoms. The van der Waals surface area contributed by atoms with Crippen LogP contribution >= 0.6 is 0 Å². The van der Waals surface area contributed by atoms with Gasteiger partial charge in [0.25, 0.3) is 6.47 Å². The highest BCUT2D eigenvalue weighted by Gasteiger charge is 1.22. The van der Waals surface area contributed by atoms with Crippen molar-refractivity contribution in [3.8, 4) is 0 Å². The minimum absolute atomic E-state index is 0.250. The highest BCUT2D eigenvalue weighted by atomic mass is 16.3. The fourth-order valence-electron chi connectivity index (χ4n) is 0. The molecule has 0 aliphatic rings. The molecule has 0 saturated heterocycles. The minimum atomic E-state index is -0.250. The van der Waals surface area contributed by atoms with Crippen molar-refractivity contribution in [2.45, 2.75) is 0 Å². The standard InChI is InChI=1S/CH2O2.N3/c2-1-3;1-3-2/h1H,(H,2,3);/q;-1. The van der Waals surface area contributed by atoms with Crippen molar-refractivity contribution in [1.82, 2.24) is 0 Å². The second-order valence-electron chi connectivity index (χ2n) is 0.195. The summed E-state index contributed by atoms with van der Waals surface area (Å²) >= 11 is 0. The highest BCUT2D eigenvalue weighted by Crippen LogP contribution is 1.29. The zero-order valence-electron chi connectivity index (χ0n) is 2.77. The van der Waals surface area contributed by atoms with Gasteiger partial charge >= 0.3 is 0 Å². The lowest BCUT2D eigenvalue weighted by Gasteiger charge is -1.34. The first-order chi connectivity index (χ1) is 2.83. The first-order valence-electron chi connectivity index (χ1n) is 0.894. The van der Waals surface area contributed by atoms with E-state index >= 15 is 0 Å². The maximum absolute atomic E-state index is 8.36. The second-order valence-corrected chi connectivity index (χ2v) is 0.195. The van der Waals surface area contributed by atoms with E-state index in [1.165, 1.54) is 4.91 Å². The van der Waals surface area contributed by atoms with Crippen molar-refractivity contribution in [2.24, 2.45) is 0 Å². The topological polar surface area (TPSA) is 96.0 Å². The number of carbonyl (C=O) groups is 1. The first kappa shape index (κ1) is 8.84. The molecule has 0 fully saturated rings. The molecule has 0 amide bonds. The van der Waals surface area contributed by atoms with Crippen molar-refractivity contribution in [2.75, 3.05) is 0 Å². The Morgan fingerprint density at radius 3 is 1.67 bits per heavy atom. The average molecular weight is 88.0 g/mol. The van der Waals surface area contributed by atoms with Gasteiger partial charge in [0.1, 0.15) is 0 Å².